The number of nitrogens with zero attached hydrogens (tertiary/aromatic N) is 1. The summed E-state index contributed by atoms with van der Waals surface area (Å²) in [6.07, 6.45) is 6.41. The fraction of sp³-hybridized carbons (Fsp3) is 0.632. The average molecular weight is 367 g/mol. The second-order valence-corrected chi connectivity index (χ2v) is 8.58. The molecule has 1 aromatic rings. The Hall–Kier alpha value is -0.770. The standard InChI is InChI=1S/C19H24Cl2N2O/c20-15-8-14-10-23(5-4-16(14)17(21)9-15)19(24)13-6-11-2-1-3-12(7-13)18(11)22/h8-9,11-13,18H,1-7,10,22H2. The van der Waals surface area contributed by atoms with Crippen molar-refractivity contribution in [3.8, 4) is 0 Å². The summed E-state index contributed by atoms with van der Waals surface area (Å²) in [6.45, 7) is 1.39. The molecule has 2 atom stereocenters. The Morgan fingerprint density at radius 3 is 2.58 bits per heavy atom. The number of rotatable bonds is 1. The summed E-state index contributed by atoms with van der Waals surface area (Å²) < 4.78 is 0. The number of amides is 1. The summed E-state index contributed by atoms with van der Waals surface area (Å²) in [5.74, 6) is 1.52. The van der Waals surface area contributed by atoms with Crippen molar-refractivity contribution < 1.29 is 4.79 Å². The molecule has 2 saturated carbocycles. The lowest BCUT2D eigenvalue weighted by molar-refractivity contribution is -0.139. The molecule has 4 rings (SSSR count). The van der Waals surface area contributed by atoms with Gasteiger partial charge in [0.15, 0.2) is 0 Å². The van der Waals surface area contributed by atoms with Crippen LogP contribution in [-0.2, 0) is 17.8 Å². The highest BCUT2D eigenvalue weighted by Crippen LogP contribution is 2.43. The molecule has 1 aromatic carbocycles. The molecule has 5 heteroatoms. The summed E-state index contributed by atoms with van der Waals surface area (Å²) in [6, 6.07) is 4.05. The van der Waals surface area contributed by atoms with Crippen molar-refractivity contribution in [3.05, 3.63) is 33.3 Å². The van der Waals surface area contributed by atoms with Crippen LogP contribution in [0.2, 0.25) is 10.0 Å². The molecule has 0 aromatic heterocycles. The molecule has 24 heavy (non-hydrogen) atoms. The number of hydrogen-bond donors (Lipinski definition) is 1. The third kappa shape index (κ3) is 2.95. The van der Waals surface area contributed by atoms with Gasteiger partial charge >= 0.3 is 0 Å². The molecule has 3 aliphatic rings. The van der Waals surface area contributed by atoms with Crippen LogP contribution in [0.3, 0.4) is 0 Å². The zero-order valence-corrected chi connectivity index (χ0v) is 15.3. The predicted octanol–water partition coefficient (Wildman–Crippen LogP) is 4.03. The van der Waals surface area contributed by atoms with Gasteiger partial charge in [-0.1, -0.05) is 29.6 Å². The number of carbonyl (C=O) groups excluding carboxylic acids is 1. The number of halogens is 2. The van der Waals surface area contributed by atoms with Crippen LogP contribution in [0, 0.1) is 17.8 Å². The Morgan fingerprint density at radius 2 is 1.88 bits per heavy atom. The van der Waals surface area contributed by atoms with Crippen LogP contribution in [0.15, 0.2) is 12.1 Å². The van der Waals surface area contributed by atoms with Crippen LogP contribution in [0.1, 0.15) is 43.2 Å². The van der Waals surface area contributed by atoms with Crippen molar-refractivity contribution in [3.63, 3.8) is 0 Å². The third-order valence-corrected chi connectivity index (χ3v) is 6.87. The lowest BCUT2D eigenvalue weighted by Crippen LogP contribution is -2.50. The Labute approximate surface area is 153 Å². The summed E-state index contributed by atoms with van der Waals surface area (Å²) >= 11 is 12.4. The van der Waals surface area contributed by atoms with Crippen LogP contribution in [-0.4, -0.2) is 23.4 Å². The normalized spacial score (nSPS) is 32.4. The molecule has 130 valence electrons. The largest absolute Gasteiger partial charge is 0.338 e. The minimum Gasteiger partial charge on any atom is -0.338 e. The molecule has 1 heterocycles. The number of carbonyl (C=O) groups is 1. The SMILES string of the molecule is NC1C2CCCC1CC(C(=O)N1CCc3c(Cl)cc(Cl)cc3C1)C2. The highest BCUT2D eigenvalue weighted by atomic mass is 35.5. The first-order chi connectivity index (χ1) is 11.5. The van der Waals surface area contributed by atoms with E-state index in [0.29, 0.717) is 35.4 Å². The maximum atomic E-state index is 13.1. The minimum atomic E-state index is 0.149. The van der Waals surface area contributed by atoms with Gasteiger partial charge in [-0.25, -0.2) is 0 Å². The Balaban J connectivity index is 1.50. The van der Waals surface area contributed by atoms with Crippen LogP contribution in [0.5, 0.6) is 0 Å². The first-order valence-electron chi connectivity index (χ1n) is 9.04. The molecule has 2 bridgehead atoms. The number of benzene rings is 1. The molecule has 1 aliphatic heterocycles. The van der Waals surface area contributed by atoms with Crippen LogP contribution >= 0.6 is 23.2 Å². The zero-order chi connectivity index (χ0) is 16.8. The summed E-state index contributed by atoms with van der Waals surface area (Å²) in [5.41, 5.74) is 8.61. The van der Waals surface area contributed by atoms with E-state index in [1.807, 2.05) is 11.0 Å². The van der Waals surface area contributed by atoms with Gasteiger partial charge < -0.3 is 10.6 Å². The van der Waals surface area contributed by atoms with Gasteiger partial charge in [0.1, 0.15) is 0 Å². The second kappa shape index (κ2) is 6.51. The van der Waals surface area contributed by atoms with E-state index in [0.717, 1.165) is 42.0 Å². The molecule has 0 spiro atoms. The average Bonchev–Trinajstić information content (AvgIpc) is 2.53. The Bertz CT molecular complexity index is 649. The van der Waals surface area contributed by atoms with E-state index in [9.17, 15) is 4.79 Å². The van der Waals surface area contributed by atoms with Crippen molar-refractivity contribution in [2.75, 3.05) is 6.54 Å². The molecule has 2 unspecified atom stereocenters. The minimum absolute atomic E-state index is 0.149. The van der Waals surface area contributed by atoms with Gasteiger partial charge in [0.25, 0.3) is 0 Å². The maximum Gasteiger partial charge on any atom is 0.226 e. The zero-order valence-electron chi connectivity index (χ0n) is 13.8. The van der Waals surface area contributed by atoms with Gasteiger partial charge in [0.2, 0.25) is 5.91 Å². The van der Waals surface area contributed by atoms with E-state index < -0.39 is 0 Å². The predicted molar refractivity (Wildman–Crippen MR) is 97.1 cm³/mol. The topological polar surface area (TPSA) is 46.3 Å². The van der Waals surface area contributed by atoms with Crippen molar-refractivity contribution >= 4 is 29.1 Å². The quantitative estimate of drug-likeness (QED) is 0.815. The highest BCUT2D eigenvalue weighted by molar-refractivity contribution is 6.35. The second-order valence-electron chi connectivity index (χ2n) is 7.73. The van der Waals surface area contributed by atoms with Gasteiger partial charge in [-0.15, -0.1) is 0 Å². The van der Waals surface area contributed by atoms with E-state index in [1.54, 1.807) is 6.07 Å². The fourth-order valence-electron chi connectivity index (χ4n) is 5.05. The smallest absolute Gasteiger partial charge is 0.226 e. The van der Waals surface area contributed by atoms with Crippen molar-refractivity contribution in [1.82, 2.24) is 4.90 Å². The summed E-state index contributed by atoms with van der Waals surface area (Å²) in [5, 5.41) is 1.37. The number of fused-ring (bicyclic) bond motifs is 3. The molecule has 2 aliphatic carbocycles. The first-order valence-corrected chi connectivity index (χ1v) is 9.79. The van der Waals surface area contributed by atoms with Crippen LogP contribution in [0.25, 0.3) is 0 Å². The molecule has 1 amide bonds. The van der Waals surface area contributed by atoms with E-state index in [1.165, 1.54) is 19.3 Å². The van der Waals surface area contributed by atoms with Crippen LogP contribution in [0.4, 0.5) is 0 Å². The molecule has 3 nitrogen and oxygen atoms in total. The van der Waals surface area contributed by atoms with Gasteiger partial charge in [0.05, 0.1) is 0 Å². The van der Waals surface area contributed by atoms with Crippen molar-refractivity contribution in [1.29, 1.82) is 0 Å². The Morgan fingerprint density at radius 1 is 1.17 bits per heavy atom. The highest BCUT2D eigenvalue weighted by Gasteiger charge is 2.42. The van der Waals surface area contributed by atoms with Gasteiger partial charge in [-0.05, 0) is 67.2 Å². The van der Waals surface area contributed by atoms with Gasteiger partial charge in [0, 0.05) is 35.1 Å². The van der Waals surface area contributed by atoms with Gasteiger partial charge in [-0.2, -0.15) is 0 Å². The van der Waals surface area contributed by atoms with Gasteiger partial charge in [-0.3, -0.25) is 4.79 Å². The monoisotopic (exact) mass is 366 g/mol. The Kier molecular flexibility index (Phi) is 4.53. The van der Waals surface area contributed by atoms with E-state index in [4.69, 9.17) is 28.9 Å². The summed E-state index contributed by atoms with van der Waals surface area (Å²) in [7, 11) is 0. The fourth-order valence-corrected chi connectivity index (χ4v) is 5.68. The third-order valence-electron chi connectivity index (χ3n) is 6.32. The molecular weight excluding hydrogens is 343 g/mol. The summed E-state index contributed by atoms with van der Waals surface area (Å²) in [4.78, 5) is 15.1. The number of nitrogens with two attached hydrogens (primary N) is 1. The molecule has 2 fully saturated rings. The lowest BCUT2D eigenvalue weighted by atomic mass is 9.65. The lowest BCUT2D eigenvalue weighted by Gasteiger charge is -2.45. The maximum absolute atomic E-state index is 13.1. The van der Waals surface area contributed by atoms with E-state index in [2.05, 4.69) is 0 Å². The molecular formula is C19H24Cl2N2O. The molecule has 0 radical (unpaired) electrons. The van der Waals surface area contributed by atoms with E-state index in [-0.39, 0.29) is 5.92 Å². The first kappa shape index (κ1) is 16.7. The molecule has 0 saturated heterocycles. The number of hydrogen-bond acceptors (Lipinski definition) is 2. The van der Waals surface area contributed by atoms with Crippen molar-refractivity contribution in [2.24, 2.45) is 23.5 Å². The molecule has 2 N–H and O–H groups in total. The van der Waals surface area contributed by atoms with Crippen LogP contribution < -0.4 is 5.73 Å². The van der Waals surface area contributed by atoms with Crippen molar-refractivity contribution in [2.45, 2.75) is 51.1 Å². The van der Waals surface area contributed by atoms with E-state index >= 15 is 0 Å².